The first-order valence-electron chi connectivity index (χ1n) is 8.65. The van der Waals surface area contributed by atoms with Gasteiger partial charge >= 0.3 is 5.97 Å². The van der Waals surface area contributed by atoms with Crippen LogP contribution in [0.1, 0.15) is 10.5 Å². The number of ether oxygens (including phenoxy) is 2. The number of carboxylic acid groups (broad SMARTS) is 1. The molecule has 0 bridgehead atoms. The molecule has 0 spiro atoms. The zero-order valence-corrected chi connectivity index (χ0v) is 15.4. The summed E-state index contributed by atoms with van der Waals surface area (Å²) in [6, 6.07) is 20.7. The highest BCUT2D eigenvalue weighted by molar-refractivity contribution is 5.90. The minimum atomic E-state index is -1.07. The number of benzene rings is 3. The Labute approximate surface area is 161 Å². The van der Waals surface area contributed by atoms with Gasteiger partial charge in [-0.3, -0.25) is 0 Å². The fourth-order valence-electron chi connectivity index (χ4n) is 3.12. The van der Waals surface area contributed by atoms with E-state index in [9.17, 15) is 9.90 Å². The predicted octanol–water partition coefficient (Wildman–Crippen LogP) is 4.41. The summed E-state index contributed by atoms with van der Waals surface area (Å²) in [5.41, 5.74) is 2.30. The molecular formula is C22H18N2O4. The van der Waals surface area contributed by atoms with Crippen LogP contribution < -0.4 is 9.47 Å². The summed E-state index contributed by atoms with van der Waals surface area (Å²) in [6.45, 7) is 0. The Hall–Kier alpha value is -3.80. The molecule has 0 aliphatic rings. The molecule has 0 fully saturated rings. The van der Waals surface area contributed by atoms with Crippen LogP contribution >= 0.6 is 0 Å². The van der Waals surface area contributed by atoms with E-state index in [0.29, 0.717) is 5.69 Å². The second-order valence-electron chi connectivity index (χ2n) is 6.26. The number of hydrogen-bond donors (Lipinski definition) is 1. The van der Waals surface area contributed by atoms with Crippen LogP contribution in [-0.4, -0.2) is 35.1 Å². The smallest absolute Gasteiger partial charge is 0.356 e. The number of rotatable bonds is 5. The number of hydrogen-bond acceptors (Lipinski definition) is 4. The Bertz CT molecular complexity index is 1160. The van der Waals surface area contributed by atoms with E-state index < -0.39 is 5.97 Å². The summed E-state index contributed by atoms with van der Waals surface area (Å²) in [7, 11) is 3.23. The van der Waals surface area contributed by atoms with E-state index >= 15 is 0 Å². The molecule has 6 heteroatoms. The highest BCUT2D eigenvalue weighted by atomic mass is 16.5. The van der Waals surface area contributed by atoms with Crippen LogP contribution in [0, 0.1) is 0 Å². The standard InChI is InChI=1S/C22H18N2O4/c1-27-18-9-6-17(7-10-18)24-21(13-20(23-24)22(25)26)16-4-3-15-12-19(28-2)8-5-14(15)11-16/h3-13H,1-2H3,(H,25,26). The van der Waals surface area contributed by atoms with E-state index in [1.807, 2.05) is 60.7 Å². The monoisotopic (exact) mass is 374 g/mol. The summed E-state index contributed by atoms with van der Waals surface area (Å²) in [5, 5.41) is 15.8. The average Bonchev–Trinajstić information content (AvgIpc) is 3.19. The Morgan fingerprint density at radius 3 is 2.18 bits per heavy atom. The lowest BCUT2D eigenvalue weighted by molar-refractivity contribution is 0.0690. The number of fused-ring (bicyclic) bond motifs is 1. The van der Waals surface area contributed by atoms with Crippen molar-refractivity contribution in [3.05, 3.63) is 72.4 Å². The molecule has 3 aromatic carbocycles. The SMILES string of the molecule is COc1ccc(-n2nc(C(=O)O)cc2-c2ccc3cc(OC)ccc3c2)cc1. The highest BCUT2D eigenvalue weighted by Crippen LogP contribution is 2.29. The van der Waals surface area contributed by atoms with Crippen molar-refractivity contribution in [1.29, 1.82) is 0 Å². The number of nitrogens with zero attached hydrogens (tertiary/aromatic N) is 2. The lowest BCUT2D eigenvalue weighted by Gasteiger charge is -2.10. The molecule has 0 radical (unpaired) electrons. The molecule has 0 unspecified atom stereocenters. The van der Waals surface area contributed by atoms with E-state index in [-0.39, 0.29) is 5.69 Å². The van der Waals surface area contributed by atoms with E-state index in [1.54, 1.807) is 25.0 Å². The quantitative estimate of drug-likeness (QED) is 0.560. The predicted molar refractivity (Wildman–Crippen MR) is 107 cm³/mol. The lowest BCUT2D eigenvalue weighted by atomic mass is 10.0. The van der Waals surface area contributed by atoms with E-state index in [4.69, 9.17) is 9.47 Å². The normalized spacial score (nSPS) is 10.8. The molecule has 0 aliphatic heterocycles. The summed E-state index contributed by atoms with van der Waals surface area (Å²) >= 11 is 0. The van der Waals surface area contributed by atoms with Gasteiger partial charge in [0.1, 0.15) is 11.5 Å². The molecule has 0 saturated carbocycles. The zero-order chi connectivity index (χ0) is 19.7. The molecule has 4 aromatic rings. The van der Waals surface area contributed by atoms with Gasteiger partial charge in [0.25, 0.3) is 0 Å². The van der Waals surface area contributed by atoms with E-state index in [2.05, 4.69) is 5.10 Å². The summed E-state index contributed by atoms with van der Waals surface area (Å²) < 4.78 is 12.1. The van der Waals surface area contributed by atoms with E-state index in [0.717, 1.165) is 33.5 Å². The lowest BCUT2D eigenvalue weighted by Crippen LogP contribution is -2.02. The average molecular weight is 374 g/mol. The van der Waals surface area contributed by atoms with Crippen molar-refractivity contribution in [2.75, 3.05) is 14.2 Å². The molecule has 1 N–H and O–H groups in total. The zero-order valence-electron chi connectivity index (χ0n) is 15.4. The number of aromatic carboxylic acids is 1. The molecule has 1 heterocycles. The maximum Gasteiger partial charge on any atom is 0.356 e. The molecule has 0 amide bonds. The van der Waals surface area contributed by atoms with Gasteiger partial charge in [-0.05, 0) is 59.3 Å². The summed E-state index contributed by atoms with van der Waals surface area (Å²) in [5.74, 6) is 0.436. The molecule has 6 nitrogen and oxygen atoms in total. The highest BCUT2D eigenvalue weighted by Gasteiger charge is 2.16. The Morgan fingerprint density at radius 2 is 1.50 bits per heavy atom. The van der Waals surface area contributed by atoms with Gasteiger partial charge in [0.05, 0.1) is 25.6 Å². The van der Waals surface area contributed by atoms with Crippen LogP contribution in [0.25, 0.3) is 27.7 Å². The molecular weight excluding hydrogens is 356 g/mol. The molecule has 28 heavy (non-hydrogen) atoms. The van der Waals surface area contributed by atoms with Crippen LogP contribution in [-0.2, 0) is 0 Å². The van der Waals surface area contributed by atoms with Crippen molar-refractivity contribution >= 4 is 16.7 Å². The Kier molecular flexibility index (Phi) is 4.45. The molecule has 4 rings (SSSR count). The molecule has 0 aliphatic carbocycles. The molecule has 1 aromatic heterocycles. The first kappa shape index (κ1) is 17.6. The van der Waals surface area contributed by atoms with Crippen LogP contribution in [0.15, 0.2) is 66.7 Å². The molecule has 0 atom stereocenters. The van der Waals surface area contributed by atoms with Crippen LogP contribution in [0.2, 0.25) is 0 Å². The van der Waals surface area contributed by atoms with Crippen molar-refractivity contribution in [2.24, 2.45) is 0 Å². The molecule has 140 valence electrons. The Balaban J connectivity index is 1.86. The number of carboxylic acids is 1. The van der Waals surface area contributed by atoms with Crippen molar-refractivity contribution in [2.45, 2.75) is 0 Å². The van der Waals surface area contributed by atoms with Gasteiger partial charge in [-0.1, -0.05) is 18.2 Å². The first-order chi connectivity index (χ1) is 13.6. The van der Waals surface area contributed by atoms with Gasteiger partial charge in [-0.15, -0.1) is 0 Å². The number of aromatic nitrogens is 2. The third-order valence-corrected chi connectivity index (χ3v) is 4.59. The topological polar surface area (TPSA) is 73.6 Å². The summed E-state index contributed by atoms with van der Waals surface area (Å²) in [4.78, 5) is 11.5. The van der Waals surface area contributed by atoms with Gasteiger partial charge in [0.2, 0.25) is 0 Å². The van der Waals surface area contributed by atoms with Gasteiger partial charge in [-0.25, -0.2) is 9.48 Å². The van der Waals surface area contributed by atoms with Gasteiger partial charge in [0.15, 0.2) is 5.69 Å². The fraction of sp³-hybridized carbons (Fsp3) is 0.0909. The van der Waals surface area contributed by atoms with Gasteiger partial charge in [-0.2, -0.15) is 5.10 Å². The second kappa shape index (κ2) is 7.08. The first-order valence-corrected chi connectivity index (χ1v) is 8.65. The van der Waals surface area contributed by atoms with Crippen LogP contribution in [0.5, 0.6) is 11.5 Å². The number of methoxy groups -OCH3 is 2. The molecule has 0 saturated heterocycles. The largest absolute Gasteiger partial charge is 0.497 e. The van der Waals surface area contributed by atoms with Crippen molar-refractivity contribution < 1.29 is 19.4 Å². The maximum atomic E-state index is 11.5. The van der Waals surface area contributed by atoms with E-state index in [1.165, 1.54) is 0 Å². The fourth-order valence-corrected chi connectivity index (χ4v) is 3.12. The minimum Gasteiger partial charge on any atom is -0.497 e. The Morgan fingerprint density at radius 1 is 0.857 bits per heavy atom. The van der Waals surface area contributed by atoms with Crippen molar-refractivity contribution in [1.82, 2.24) is 9.78 Å². The van der Waals surface area contributed by atoms with Crippen LogP contribution in [0.3, 0.4) is 0 Å². The van der Waals surface area contributed by atoms with Crippen LogP contribution in [0.4, 0.5) is 0 Å². The third kappa shape index (κ3) is 3.16. The van der Waals surface area contributed by atoms with Crippen molar-refractivity contribution in [3.63, 3.8) is 0 Å². The maximum absolute atomic E-state index is 11.5. The van der Waals surface area contributed by atoms with Gasteiger partial charge < -0.3 is 14.6 Å². The number of carbonyl (C=O) groups is 1. The van der Waals surface area contributed by atoms with Crippen molar-refractivity contribution in [3.8, 4) is 28.4 Å². The third-order valence-electron chi connectivity index (χ3n) is 4.59. The van der Waals surface area contributed by atoms with Gasteiger partial charge in [0, 0.05) is 5.56 Å². The second-order valence-corrected chi connectivity index (χ2v) is 6.26. The summed E-state index contributed by atoms with van der Waals surface area (Å²) in [6.07, 6.45) is 0. The minimum absolute atomic E-state index is 0.0133.